The summed E-state index contributed by atoms with van der Waals surface area (Å²) in [6.07, 6.45) is 5.61. The molecular weight excluding hydrogens is 258 g/mol. The number of hydrogen-bond donors (Lipinski definition) is 1. The molecule has 6 heteroatoms. The molecule has 0 aromatic carbocycles. The first-order valence-corrected chi connectivity index (χ1v) is 6.89. The Hall–Kier alpha value is -1.82. The van der Waals surface area contributed by atoms with Gasteiger partial charge >= 0.3 is 5.97 Å². The van der Waals surface area contributed by atoms with Crippen molar-refractivity contribution in [3.05, 3.63) is 17.3 Å². The van der Waals surface area contributed by atoms with Crippen LogP contribution in [-0.4, -0.2) is 46.2 Å². The fourth-order valence-corrected chi connectivity index (χ4v) is 3.17. The lowest BCUT2D eigenvalue weighted by molar-refractivity contribution is -0.131. The van der Waals surface area contributed by atoms with Crippen molar-refractivity contribution in [3.63, 3.8) is 0 Å². The van der Waals surface area contributed by atoms with E-state index in [4.69, 9.17) is 9.84 Å². The smallest absolute Gasteiger partial charge is 0.328 e. The van der Waals surface area contributed by atoms with Crippen LogP contribution < -0.4 is 4.90 Å². The van der Waals surface area contributed by atoms with Crippen LogP contribution in [0.1, 0.15) is 24.1 Å². The molecule has 0 amide bonds. The Morgan fingerprint density at radius 2 is 2.05 bits per heavy atom. The lowest BCUT2D eigenvalue weighted by Gasteiger charge is -2.34. The molecule has 1 aromatic rings. The van der Waals surface area contributed by atoms with Gasteiger partial charge in [0.15, 0.2) is 0 Å². The minimum atomic E-state index is -0.943. The number of rotatable bonds is 3. The molecule has 1 N–H and O–H groups in total. The molecule has 1 aromatic heterocycles. The van der Waals surface area contributed by atoms with Crippen molar-refractivity contribution in [1.29, 1.82) is 0 Å². The number of fused-ring (bicyclic) bond motifs is 2. The zero-order valence-corrected chi connectivity index (χ0v) is 11.7. The fraction of sp³-hybridized carbons (Fsp3) is 0.571. The average molecular weight is 277 g/mol. The van der Waals surface area contributed by atoms with Gasteiger partial charge in [-0.1, -0.05) is 0 Å². The summed E-state index contributed by atoms with van der Waals surface area (Å²) in [6.45, 7) is 3.60. The highest BCUT2D eigenvalue weighted by Crippen LogP contribution is 2.32. The Labute approximate surface area is 117 Å². The standard InChI is InChI=1S/C14H19N3O3/c1-9-12(5-6-13(18)19)14(16(2)15-9)17-7-10-3-4-11(8-17)20-10/h5-6,10-11H,3-4,7-8H2,1-2H3,(H,18,19). The van der Waals surface area contributed by atoms with E-state index in [-0.39, 0.29) is 0 Å². The van der Waals surface area contributed by atoms with E-state index in [2.05, 4.69) is 10.00 Å². The van der Waals surface area contributed by atoms with E-state index in [1.807, 2.05) is 18.7 Å². The summed E-state index contributed by atoms with van der Waals surface area (Å²) in [5, 5.41) is 13.2. The lowest BCUT2D eigenvalue weighted by Crippen LogP contribution is -2.43. The molecule has 2 atom stereocenters. The van der Waals surface area contributed by atoms with E-state index in [9.17, 15) is 4.79 Å². The second kappa shape index (κ2) is 4.94. The third kappa shape index (κ3) is 2.31. The fourth-order valence-electron chi connectivity index (χ4n) is 3.17. The maximum Gasteiger partial charge on any atom is 0.328 e. The molecule has 20 heavy (non-hydrogen) atoms. The van der Waals surface area contributed by atoms with Crippen LogP contribution in [0.2, 0.25) is 0 Å². The Kier molecular flexibility index (Phi) is 3.25. The van der Waals surface area contributed by atoms with Gasteiger partial charge in [0.2, 0.25) is 0 Å². The van der Waals surface area contributed by atoms with E-state index in [1.165, 1.54) is 6.08 Å². The molecule has 2 aliphatic heterocycles. The monoisotopic (exact) mass is 277 g/mol. The first-order chi connectivity index (χ1) is 9.54. The van der Waals surface area contributed by atoms with Gasteiger partial charge in [-0.3, -0.25) is 4.68 Å². The van der Waals surface area contributed by atoms with Crippen molar-refractivity contribution < 1.29 is 14.6 Å². The number of morpholine rings is 1. The molecule has 2 unspecified atom stereocenters. The van der Waals surface area contributed by atoms with Gasteiger partial charge < -0.3 is 14.7 Å². The number of carbonyl (C=O) groups is 1. The molecule has 2 fully saturated rings. The Balaban J connectivity index is 1.94. The van der Waals surface area contributed by atoms with Gasteiger partial charge in [0.05, 0.1) is 17.9 Å². The molecule has 6 nitrogen and oxygen atoms in total. The molecule has 0 aliphatic carbocycles. The predicted octanol–water partition coefficient (Wildman–Crippen LogP) is 1.19. The van der Waals surface area contributed by atoms with Crippen LogP contribution >= 0.6 is 0 Å². The van der Waals surface area contributed by atoms with E-state index >= 15 is 0 Å². The van der Waals surface area contributed by atoms with Gasteiger partial charge in [-0.05, 0) is 25.8 Å². The molecule has 0 spiro atoms. The van der Waals surface area contributed by atoms with Crippen molar-refractivity contribution in [2.24, 2.45) is 7.05 Å². The predicted molar refractivity (Wildman–Crippen MR) is 74.7 cm³/mol. The van der Waals surface area contributed by atoms with Gasteiger partial charge in [-0.15, -0.1) is 0 Å². The third-order valence-corrected chi connectivity index (χ3v) is 3.97. The molecule has 2 saturated heterocycles. The van der Waals surface area contributed by atoms with Crippen molar-refractivity contribution in [3.8, 4) is 0 Å². The largest absolute Gasteiger partial charge is 0.478 e. The highest BCUT2D eigenvalue weighted by Gasteiger charge is 2.35. The summed E-state index contributed by atoms with van der Waals surface area (Å²) in [5.74, 6) is 0.0430. The second-order valence-corrected chi connectivity index (χ2v) is 5.48. The number of ether oxygens (including phenoxy) is 1. The van der Waals surface area contributed by atoms with Crippen molar-refractivity contribution in [2.45, 2.75) is 32.0 Å². The van der Waals surface area contributed by atoms with Gasteiger partial charge in [-0.25, -0.2) is 4.79 Å². The summed E-state index contributed by atoms with van der Waals surface area (Å²) in [5.41, 5.74) is 1.73. The third-order valence-electron chi connectivity index (χ3n) is 3.97. The van der Waals surface area contributed by atoms with Gasteiger partial charge in [-0.2, -0.15) is 5.10 Å². The summed E-state index contributed by atoms with van der Waals surface area (Å²) in [6, 6.07) is 0. The highest BCUT2D eigenvalue weighted by molar-refractivity contribution is 5.87. The van der Waals surface area contributed by atoms with E-state index in [0.717, 1.165) is 43.0 Å². The summed E-state index contributed by atoms with van der Waals surface area (Å²) >= 11 is 0. The van der Waals surface area contributed by atoms with Crippen LogP contribution in [0.4, 0.5) is 5.82 Å². The molecule has 3 rings (SSSR count). The normalized spacial score (nSPS) is 25.6. The van der Waals surface area contributed by atoms with E-state index < -0.39 is 5.97 Å². The van der Waals surface area contributed by atoms with Crippen LogP contribution in [0, 0.1) is 6.92 Å². The van der Waals surface area contributed by atoms with Crippen LogP contribution in [-0.2, 0) is 16.6 Å². The van der Waals surface area contributed by atoms with Crippen LogP contribution in [0.15, 0.2) is 6.08 Å². The highest BCUT2D eigenvalue weighted by atomic mass is 16.5. The van der Waals surface area contributed by atoms with E-state index in [0.29, 0.717) is 12.2 Å². The quantitative estimate of drug-likeness (QED) is 0.841. The summed E-state index contributed by atoms with van der Waals surface area (Å²) in [4.78, 5) is 13.0. The van der Waals surface area contributed by atoms with Crippen molar-refractivity contribution in [1.82, 2.24) is 9.78 Å². The maximum atomic E-state index is 10.7. The molecule has 2 aliphatic rings. The number of carboxylic acid groups (broad SMARTS) is 1. The first-order valence-electron chi connectivity index (χ1n) is 6.89. The molecule has 3 heterocycles. The minimum Gasteiger partial charge on any atom is -0.478 e. The van der Waals surface area contributed by atoms with Gasteiger partial charge in [0.25, 0.3) is 0 Å². The maximum absolute atomic E-state index is 10.7. The Morgan fingerprint density at radius 3 is 2.65 bits per heavy atom. The first kappa shape index (κ1) is 13.2. The van der Waals surface area contributed by atoms with Crippen molar-refractivity contribution in [2.75, 3.05) is 18.0 Å². The summed E-state index contributed by atoms with van der Waals surface area (Å²) < 4.78 is 7.69. The molecule has 0 radical (unpaired) electrons. The van der Waals surface area contributed by atoms with E-state index in [1.54, 1.807) is 6.08 Å². The molecule has 108 valence electrons. The van der Waals surface area contributed by atoms with Crippen LogP contribution in [0.25, 0.3) is 6.08 Å². The van der Waals surface area contributed by atoms with Gasteiger partial charge in [0, 0.05) is 31.8 Å². The number of anilines is 1. The number of aryl methyl sites for hydroxylation is 2. The molecule has 0 saturated carbocycles. The number of aliphatic carboxylic acids is 1. The van der Waals surface area contributed by atoms with Crippen molar-refractivity contribution >= 4 is 17.9 Å². The average Bonchev–Trinajstić information content (AvgIpc) is 2.86. The number of aromatic nitrogens is 2. The Morgan fingerprint density at radius 1 is 1.40 bits per heavy atom. The zero-order chi connectivity index (χ0) is 14.3. The molecular formula is C14H19N3O3. The number of hydrogen-bond acceptors (Lipinski definition) is 4. The minimum absolute atomic E-state index is 0.292. The SMILES string of the molecule is Cc1nn(C)c(N2CC3CCC(C2)O3)c1C=CC(=O)O. The zero-order valence-electron chi connectivity index (χ0n) is 11.7. The number of carboxylic acids is 1. The Bertz CT molecular complexity index is 552. The number of nitrogens with zero attached hydrogens (tertiary/aromatic N) is 3. The summed E-state index contributed by atoms with van der Waals surface area (Å²) in [7, 11) is 1.90. The van der Waals surface area contributed by atoms with Crippen LogP contribution in [0.5, 0.6) is 0 Å². The topological polar surface area (TPSA) is 67.6 Å². The second-order valence-electron chi connectivity index (χ2n) is 5.48. The molecule has 2 bridgehead atoms. The lowest BCUT2D eigenvalue weighted by atomic mass is 10.2. The van der Waals surface area contributed by atoms with Gasteiger partial charge in [0.1, 0.15) is 5.82 Å². The van der Waals surface area contributed by atoms with Crippen LogP contribution in [0.3, 0.4) is 0 Å².